The summed E-state index contributed by atoms with van der Waals surface area (Å²) in [5.41, 5.74) is 2.84. The number of nitrogens with zero attached hydrogens (tertiary/aromatic N) is 4. The van der Waals surface area contributed by atoms with E-state index in [1.165, 1.54) is 11.5 Å². The molecule has 8 heteroatoms. The summed E-state index contributed by atoms with van der Waals surface area (Å²) in [5.74, 6) is 0.372. The Morgan fingerprint density at radius 1 is 1.14 bits per heavy atom. The Hall–Kier alpha value is -3.94. The van der Waals surface area contributed by atoms with E-state index in [1.54, 1.807) is 60.7 Å². The predicted molar refractivity (Wildman–Crippen MR) is 105 cm³/mol. The fourth-order valence-electron chi connectivity index (χ4n) is 3.18. The van der Waals surface area contributed by atoms with Crippen LogP contribution in [0.1, 0.15) is 17.3 Å². The molecule has 0 atom stereocenters. The van der Waals surface area contributed by atoms with Crippen molar-refractivity contribution >= 4 is 34.3 Å². The summed E-state index contributed by atoms with van der Waals surface area (Å²) < 4.78 is 2.82. The topological polar surface area (TPSA) is 102 Å². The second-order valence-corrected chi connectivity index (χ2v) is 6.41. The van der Waals surface area contributed by atoms with Gasteiger partial charge >= 0.3 is 6.09 Å². The van der Waals surface area contributed by atoms with Gasteiger partial charge in [-0.25, -0.2) is 14.3 Å². The zero-order valence-electron chi connectivity index (χ0n) is 15.2. The van der Waals surface area contributed by atoms with E-state index in [4.69, 9.17) is 0 Å². The van der Waals surface area contributed by atoms with Gasteiger partial charge in [0.1, 0.15) is 5.82 Å². The van der Waals surface area contributed by atoms with Crippen LogP contribution < -0.4 is 5.32 Å². The number of ketones is 1. The average Bonchev–Trinajstić information content (AvgIpc) is 3.25. The molecule has 3 heterocycles. The first-order chi connectivity index (χ1) is 13.4. The number of Topliss-reactive ketones (excluding diaryl/α,β-unsaturated/α-hetero) is 1. The lowest BCUT2D eigenvalue weighted by Crippen LogP contribution is -2.09. The molecule has 0 bridgehead atoms. The zero-order valence-corrected chi connectivity index (χ0v) is 15.2. The number of benzene rings is 1. The molecule has 0 unspecified atom stereocenters. The number of para-hydroxylation sites is 1. The quantitative estimate of drug-likeness (QED) is 0.524. The van der Waals surface area contributed by atoms with E-state index in [-0.39, 0.29) is 5.78 Å². The summed E-state index contributed by atoms with van der Waals surface area (Å²) in [7, 11) is 1.77. The third-order valence-electron chi connectivity index (χ3n) is 4.45. The van der Waals surface area contributed by atoms with E-state index in [9.17, 15) is 14.7 Å². The van der Waals surface area contributed by atoms with E-state index < -0.39 is 6.09 Å². The Bertz CT molecular complexity index is 1220. The Kier molecular flexibility index (Phi) is 4.15. The molecule has 0 aliphatic heterocycles. The molecule has 28 heavy (non-hydrogen) atoms. The number of hydrogen-bond acceptors (Lipinski definition) is 5. The summed E-state index contributed by atoms with van der Waals surface area (Å²) in [6, 6.07) is 10.5. The third kappa shape index (κ3) is 3.01. The smallest absolute Gasteiger partial charge is 0.416 e. The molecule has 8 nitrogen and oxygen atoms in total. The van der Waals surface area contributed by atoms with Gasteiger partial charge in [-0.2, -0.15) is 5.10 Å². The SMILES string of the molecule is CC(=O)c1ccccc1Nc1cc2c(cn1)cc(-c1cnn(C)c1)n2C(=O)O. The number of aryl methyl sites for hydroxylation is 1. The number of hydrogen-bond donors (Lipinski definition) is 2. The van der Waals surface area contributed by atoms with Crippen LogP contribution in [0.4, 0.5) is 16.3 Å². The van der Waals surface area contributed by atoms with Crippen LogP contribution >= 0.6 is 0 Å². The van der Waals surface area contributed by atoms with Gasteiger partial charge in [0.25, 0.3) is 0 Å². The van der Waals surface area contributed by atoms with Gasteiger partial charge in [-0.05, 0) is 25.1 Å². The van der Waals surface area contributed by atoms with Crippen LogP contribution in [0.25, 0.3) is 22.2 Å². The maximum Gasteiger partial charge on any atom is 0.416 e. The van der Waals surface area contributed by atoms with Crippen LogP contribution in [0.3, 0.4) is 0 Å². The highest BCUT2D eigenvalue weighted by molar-refractivity contribution is 6.00. The zero-order chi connectivity index (χ0) is 19.8. The van der Waals surface area contributed by atoms with Gasteiger partial charge in [0, 0.05) is 42.0 Å². The molecule has 4 aromatic rings. The summed E-state index contributed by atoms with van der Waals surface area (Å²) in [6.45, 7) is 1.49. The number of aromatic nitrogens is 4. The lowest BCUT2D eigenvalue weighted by molar-refractivity contribution is 0.101. The van der Waals surface area contributed by atoms with E-state index in [1.807, 2.05) is 6.07 Å². The van der Waals surface area contributed by atoms with Crippen LogP contribution in [0.5, 0.6) is 0 Å². The Morgan fingerprint density at radius 3 is 2.61 bits per heavy atom. The van der Waals surface area contributed by atoms with E-state index >= 15 is 0 Å². The number of rotatable bonds is 4. The predicted octanol–water partition coefficient (Wildman–Crippen LogP) is 3.91. The molecule has 3 aromatic heterocycles. The molecular formula is C20H17N5O3. The maximum atomic E-state index is 11.9. The largest absolute Gasteiger partial charge is 0.464 e. The van der Waals surface area contributed by atoms with Crippen molar-refractivity contribution in [2.75, 3.05) is 5.32 Å². The van der Waals surface area contributed by atoms with Gasteiger partial charge in [0.05, 0.1) is 23.1 Å². The monoisotopic (exact) mass is 375 g/mol. The maximum absolute atomic E-state index is 11.9. The average molecular weight is 375 g/mol. The van der Waals surface area contributed by atoms with Crippen molar-refractivity contribution in [3.8, 4) is 11.3 Å². The third-order valence-corrected chi connectivity index (χ3v) is 4.45. The van der Waals surface area contributed by atoms with Crippen LogP contribution in [0, 0.1) is 0 Å². The fourth-order valence-corrected chi connectivity index (χ4v) is 3.18. The molecule has 0 aliphatic rings. The number of carbonyl (C=O) groups excluding carboxylic acids is 1. The summed E-state index contributed by atoms with van der Waals surface area (Å²) in [4.78, 5) is 28.1. The highest BCUT2D eigenvalue weighted by Gasteiger charge is 2.18. The number of carboxylic acid groups (broad SMARTS) is 1. The van der Waals surface area contributed by atoms with Crippen molar-refractivity contribution in [2.45, 2.75) is 6.92 Å². The first-order valence-corrected chi connectivity index (χ1v) is 8.55. The van der Waals surface area contributed by atoms with Crippen LogP contribution in [-0.4, -0.2) is 36.3 Å². The number of anilines is 2. The van der Waals surface area contributed by atoms with Crippen molar-refractivity contribution < 1.29 is 14.7 Å². The summed E-state index contributed by atoms with van der Waals surface area (Å²) in [6.07, 6.45) is 3.87. The van der Waals surface area contributed by atoms with Crippen LogP contribution in [-0.2, 0) is 7.05 Å². The molecule has 0 amide bonds. The molecular weight excluding hydrogens is 358 g/mol. The number of pyridine rings is 1. The molecule has 4 rings (SSSR count). The van der Waals surface area contributed by atoms with Gasteiger partial charge in [-0.1, -0.05) is 12.1 Å². The van der Waals surface area contributed by atoms with Gasteiger partial charge in [0.15, 0.2) is 5.78 Å². The van der Waals surface area contributed by atoms with Crippen molar-refractivity contribution in [3.63, 3.8) is 0 Å². The highest BCUT2D eigenvalue weighted by Crippen LogP contribution is 2.30. The highest BCUT2D eigenvalue weighted by atomic mass is 16.4. The number of fused-ring (bicyclic) bond motifs is 1. The van der Waals surface area contributed by atoms with Gasteiger partial charge < -0.3 is 10.4 Å². The number of carbonyl (C=O) groups is 2. The van der Waals surface area contributed by atoms with Gasteiger partial charge in [-0.15, -0.1) is 0 Å². The van der Waals surface area contributed by atoms with Crippen LogP contribution in [0.2, 0.25) is 0 Å². The minimum atomic E-state index is -1.10. The van der Waals surface area contributed by atoms with Crippen molar-refractivity contribution in [1.82, 2.24) is 19.3 Å². The first-order valence-electron chi connectivity index (χ1n) is 8.55. The molecule has 140 valence electrons. The first kappa shape index (κ1) is 17.5. The molecule has 1 aromatic carbocycles. The Morgan fingerprint density at radius 2 is 1.93 bits per heavy atom. The van der Waals surface area contributed by atoms with Gasteiger partial charge in [0.2, 0.25) is 0 Å². The van der Waals surface area contributed by atoms with E-state index in [2.05, 4.69) is 15.4 Å². The molecule has 2 N–H and O–H groups in total. The second kappa shape index (κ2) is 6.66. The molecule has 0 spiro atoms. The summed E-state index contributed by atoms with van der Waals surface area (Å²) >= 11 is 0. The standard InChI is InChI=1S/C20H17N5O3/c1-12(26)15-5-3-4-6-16(15)23-19-8-18-13(9-21-19)7-17(25(18)20(27)28)14-10-22-24(2)11-14/h3-11H,1-2H3,(H,21,23)(H,27,28). The molecule has 0 radical (unpaired) electrons. The minimum Gasteiger partial charge on any atom is -0.464 e. The lowest BCUT2D eigenvalue weighted by atomic mass is 10.1. The molecule has 0 saturated heterocycles. The molecule has 0 aliphatic carbocycles. The van der Waals surface area contributed by atoms with E-state index in [0.717, 1.165) is 0 Å². The van der Waals surface area contributed by atoms with Crippen molar-refractivity contribution in [2.24, 2.45) is 7.05 Å². The summed E-state index contributed by atoms with van der Waals surface area (Å²) in [5, 5.41) is 17.7. The Balaban J connectivity index is 1.82. The number of nitrogens with one attached hydrogen (secondary N) is 1. The molecule has 0 saturated carbocycles. The fraction of sp³-hybridized carbons (Fsp3) is 0.100. The van der Waals surface area contributed by atoms with E-state index in [0.29, 0.717) is 39.2 Å². The second-order valence-electron chi connectivity index (χ2n) is 6.41. The lowest BCUT2D eigenvalue weighted by Gasteiger charge is -2.10. The van der Waals surface area contributed by atoms with Crippen molar-refractivity contribution in [3.05, 3.63) is 60.6 Å². The van der Waals surface area contributed by atoms with Crippen LogP contribution in [0.15, 0.2) is 55.0 Å². The Labute approximate surface area is 160 Å². The normalized spacial score (nSPS) is 10.9. The molecule has 0 fully saturated rings. The minimum absolute atomic E-state index is 0.0723. The van der Waals surface area contributed by atoms with Gasteiger partial charge in [-0.3, -0.25) is 9.48 Å². The van der Waals surface area contributed by atoms with Crippen molar-refractivity contribution in [1.29, 1.82) is 0 Å².